The van der Waals surface area contributed by atoms with E-state index in [0.717, 1.165) is 0 Å². The molecule has 0 unspecified atom stereocenters. The van der Waals surface area contributed by atoms with E-state index in [-0.39, 0.29) is 22.2 Å². The van der Waals surface area contributed by atoms with Gasteiger partial charge in [0.25, 0.3) is 0 Å². The zero-order valence-corrected chi connectivity index (χ0v) is 11.9. The molecule has 2 N–H and O–H groups in total. The molecule has 9 heteroatoms. The van der Waals surface area contributed by atoms with Crippen molar-refractivity contribution in [3.63, 3.8) is 0 Å². The van der Waals surface area contributed by atoms with Crippen LogP contribution in [0.3, 0.4) is 0 Å². The average Bonchev–Trinajstić information content (AvgIpc) is 2.69. The van der Waals surface area contributed by atoms with Gasteiger partial charge in [-0.15, -0.1) is 0 Å². The van der Waals surface area contributed by atoms with Gasteiger partial charge in [0.15, 0.2) is 0 Å². The Hall–Kier alpha value is -2.61. The molecule has 0 atom stereocenters. The Morgan fingerprint density at radius 3 is 2.71 bits per heavy atom. The molecule has 0 fully saturated rings. The van der Waals surface area contributed by atoms with Crippen molar-refractivity contribution in [3.8, 4) is 0 Å². The lowest BCUT2D eigenvalue weighted by Crippen LogP contribution is -2.03. The van der Waals surface area contributed by atoms with Crippen LogP contribution in [0.4, 0.5) is 17.3 Å². The number of carboxylic acid groups (broad SMARTS) is 1. The van der Waals surface area contributed by atoms with E-state index in [1.807, 2.05) is 0 Å². The van der Waals surface area contributed by atoms with E-state index >= 15 is 0 Å². The highest BCUT2D eigenvalue weighted by Gasteiger charge is 2.24. The Labute approximate surface area is 124 Å². The summed E-state index contributed by atoms with van der Waals surface area (Å²) in [7, 11) is 1.62. The molecule has 2 aromatic rings. The quantitative estimate of drug-likeness (QED) is 0.663. The first-order valence-corrected chi connectivity index (χ1v) is 6.16. The van der Waals surface area contributed by atoms with Gasteiger partial charge in [-0.25, -0.2) is 4.79 Å². The van der Waals surface area contributed by atoms with Crippen LogP contribution in [-0.4, -0.2) is 25.6 Å². The minimum atomic E-state index is -1.11. The summed E-state index contributed by atoms with van der Waals surface area (Å²) in [4.78, 5) is 25.1. The van der Waals surface area contributed by atoms with Crippen molar-refractivity contribution in [2.45, 2.75) is 6.92 Å². The number of rotatable bonds is 4. The highest BCUT2D eigenvalue weighted by Crippen LogP contribution is 2.31. The Balaban J connectivity index is 2.43. The van der Waals surface area contributed by atoms with Crippen molar-refractivity contribution < 1.29 is 14.8 Å². The third kappa shape index (κ3) is 2.79. The van der Waals surface area contributed by atoms with Crippen molar-refractivity contribution in [2.24, 2.45) is 7.05 Å². The Morgan fingerprint density at radius 2 is 2.19 bits per heavy atom. The van der Waals surface area contributed by atoms with E-state index in [4.69, 9.17) is 16.7 Å². The molecular formula is C12H11ClN4O4. The summed E-state index contributed by atoms with van der Waals surface area (Å²) in [5.41, 5.74) is 0.383. The summed E-state index contributed by atoms with van der Waals surface area (Å²) >= 11 is 5.99. The standard InChI is InChI=1S/C12H11ClN4O4/c1-6-14-11(17(20)21)10(16(6)2)15-9-4-3-7(12(18)19)5-8(9)13/h3-5,15H,1-2H3,(H,18,19). The molecule has 0 aliphatic carbocycles. The van der Waals surface area contributed by atoms with Crippen molar-refractivity contribution in [1.29, 1.82) is 0 Å². The van der Waals surface area contributed by atoms with Gasteiger partial charge in [-0.2, -0.15) is 0 Å². The maximum atomic E-state index is 11.0. The number of nitro groups is 1. The number of benzene rings is 1. The molecule has 0 radical (unpaired) electrons. The van der Waals surface area contributed by atoms with Gasteiger partial charge in [-0.1, -0.05) is 11.6 Å². The lowest BCUT2D eigenvalue weighted by molar-refractivity contribution is -0.388. The Bertz CT molecular complexity index is 741. The lowest BCUT2D eigenvalue weighted by Gasteiger charge is -2.09. The van der Waals surface area contributed by atoms with Gasteiger partial charge in [0.2, 0.25) is 11.6 Å². The van der Waals surface area contributed by atoms with Crippen molar-refractivity contribution in [3.05, 3.63) is 44.7 Å². The number of aromatic carboxylic acids is 1. The molecule has 0 saturated heterocycles. The number of anilines is 2. The van der Waals surface area contributed by atoms with Crippen LogP contribution < -0.4 is 5.32 Å². The summed E-state index contributed by atoms with van der Waals surface area (Å²) in [5.74, 6) is -0.802. The average molecular weight is 311 g/mol. The molecule has 1 aromatic carbocycles. The minimum Gasteiger partial charge on any atom is -0.478 e. The number of carbonyl (C=O) groups is 1. The van der Waals surface area contributed by atoms with Gasteiger partial charge in [0.1, 0.15) is 0 Å². The highest BCUT2D eigenvalue weighted by molar-refractivity contribution is 6.33. The molecule has 2 rings (SSSR count). The highest BCUT2D eigenvalue weighted by atomic mass is 35.5. The molecular weight excluding hydrogens is 300 g/mol. The summed E-state index contributed by atoms with van der Waals surface area (Å²) in [6, 6.07) is 4.06. The number of nitrogens with zero attached hydrogens (tertiary/aromatic N) is 3. The minimum absolute atomic E-state index is 0.0289. The maximum absolute atomic E-state index is 11.0. The topological polar surface area (TPSA) is 110 Å². The molecule has 1 aromatic heterocycles. The molecule has 1 heterocycles. The number of imidazole rings is 1. The smallest absolute Gasteiger partial charge is 0.407 e. The maximum Gasteiger partial charge on any atom is 0.407 e. The first kappa shape index (κ1) is 14.8. The molecule has 0 saturated carbocycles. The fourth-order valence-corrected chi connectivity index (χ4v) is 1.96. The Kier molecular flexibility index (Phi) is 3.81. The normalized spacial score (nSPS) is 10.4. The van der Waals surface area contributed by atoms with Crippen LogP contribution in [0, 0.1) is 17.0 Å². The molecule has 110 valence electrons. The van der Waals surface area contributed by atoms with Gasteiger partial charge in [0.05, 0.1) is 16.3 Å². The van der Waals surface area contributed by atoms with E-state index in [1.54, 1.807) is 14.0 Å². The number of nitrogens with one attached hydrogen (secondary N) is 1. The van der Waals surface area contributed by atoms with Crippen LogP contribution in [0.5, 0.6) is 0 Å². The van der Waals surface area contributed by atoms with E-state index in [9.17, 15) is 14.9 Å². The van der Waals surface area contributed by atoms with Crippen molar-refractivity contribution >= 4 is 34.9 Å². The number of carboxylic acids is 1. The molecule has 0 aliphatic heterocycles. The van der Waals surface area contributed by atoms with E-state index in [2.05, 4.69) is 10.3 Å². The van der Waals surface area contributed by atoms with Gasteiger partial charge in [0, 0.05) is 14.0 Å². The summed E-state index contributed by atoms with van der Waals surface area (Å²) in [6.07, 6.45) is 0. The molecule has 21 heavy (non-hydrogen) atoms. The Morgan fingerprint density at radius 1 is 1.52 bits per heavy atom. The zero-order valence-electron chi connectivity index (χ0n) is 11.1. The monoisotopic (exact) mass is 310 g/mol. The third-order valence-corrected chi connectivity index (χ3v) is 3.26. The summed E-state index contributed by atoms with van der Waals surface area (Å²) in [6.45, 7) is 1.63. The summed E-state index contributed by atoms with van der Waals surface area (Å²) < 4.78 is 1.51. The van der Waals surface area contributed by atoms with Crippen LogP contribution in [0.1, 0.15) is 16.2 Å². The van der Waals surface area contributed by atoms with Crippen LogP contribution in [0.15, 0.2) is 18.2 Å². The predicted octanol–water partition coefficient (Wildman–Crippen LogP) is 2.73. The molecule has 0 amide bonds. The first-order valence-electron chi connectivity index (χ1n) is 5.79. The fraction of sp³-hybridized carbons (Fsp3) is 0.167. The number of hydrogen-bond donors (Lipinski definition) is 2. The van der Waals surface area contributed by atoms with Gasteiger partial charge < -0.3 is 20.5 Å². The first-order chi connectivity index (χ1) is 9.81. The van der Waals surface area contributed by atoms with Gasteiger partial charge in [-0.05, 0) is 28.1 Å². The molecule has 0 bridgehead atoms. The molecule has 0 spiro atoms. The third-order valence-electron chi connectivity index (χ3n) is 2.94. The zero-order chi connectivity index (χ0) is 15.7. The van der Waals surface area contributed by atoms with E-state index < -0.39 is 10.9 Å². The second-order valence-electron chi connectivity index (χ2n) is 4.27. The fourth-order valence-electron chi connectivity index (χ4n) is 1.74. The van der Waals surface area contributed by atoms with Crippen molar-refractivity contribution in [2.75, 3.05) is 5.32 Å². The second kappa shape index (κ2) is 5.41. The second-order valence-corrected chi connectivity index (χ2v) is 4.68. The number of halogens is 1. The number of aryl methyl sites for hydroxylation is 1. The number of aromatic nitrogens is 2. The van der Waals surface area contributed by atoms with Crippen molar-refractivity contribution in [1.82, 2.24) is 9.55 Å². The van der Waals surface area contributed by atoms with Gasteiger partial charge >= 0.3 is 11.8 Å². The lowest BCUT2D eigenvalue weighted by atomic mass is 10.2. The van der Waals surface area contributed by atoms with Crippen LogP contribution in [-0.2, 0) is 7.05 Å². The SMILES string of the molecule is Cc1nc([N+](=O)[O-])c(Nc2ccc(C(=O)O)cc2Cl)n1C. The summed E-state index contributed by atoms with van der Waals surface area (Å²) in [5, 5.41) is 22.8. The molecule has 8 nitrogen and oxygen atoms in total. The van der Waals surface area contributed by atoms with Crippen LogP contribution in [0.2, 0.25) is 5.02 Å². The predicted molar refractivity (Wildman–Crippen MR) is 76.3 cm³/mol. The van der Waals surface area contributed by atoms with Crippen LogP contribution >= 0.6 is 11.6 Å². The van der Waals surface area contributed by atoms with E-state index in [0.29, 0.717) is 11.5 Å². The number of hydrogen-bond acceptors (Lipinski definition) is 5. The van der Waals surface area contributed by atoms with Gasteiger partial charge in [-0.3, -0.25) is 4.57 Å². The van der Waals surface area contributed by atoms with Crippen LogP contribution in [0.25, 0.3) is 0 Å². The van der Waals surface area contributed by atoms with E-state index in [1.165, 1.54) is 22.8 Å². The molecule has 0 aliphatic rings. The largest absolute Gasteiger partial charge is 0.478 e.